The van der Waals surface area contributed by atoms with Crippen LogP contribution in [0.2, 0.25) is 5.02 Å². The largest absolute Gasteiger partial charge is 0.379 e. The van der Waals surface area contributed by atoms with E-state index >= 15 is 0 Å². The van der Waals surface area contributed by atoms with Crippen molar-refractivity contribution in [3.05, 3.63) is 70.1 Å². The molecule has 4 heterocycles. The van der Waals surface area contributed by atoms with E-state index in [4.69, 9.17) is 16.3 Å². The van der Waals surface area contributed by atoms with E-state index in [1.165, 1.54) is 6.20 Å². The van der Waals surface area contributed by atoms with Crippen LogP contribution in [0.25, 0.3) is 33.3 Å². The monoisotopic (exact) mass is 465 g/mol. The molecule has 0 amide bonds. The number of aromatic nitrogens is 4. The number of anilines is 1. The highest BCUT2D eigenvalue weighted by molar-refractivity contribution is 6.33. The zero-order chi connectivity index (χ0) is 22.9. The molecule has 5 rings (SSSR count). The summed E-state index contributed by atoms with van der Waals surface area (Å²) >= 11 is 6.56. The second-order valence-electron chi connectivity index (χ2n) is 7.82. The molecule has 1 saturated heterocycles. The normalized spacial score (nSPS) is 15.8. The van der Waals surface area contributed by atoms with Gasteiger partial charge in [0.2, 0.25) is 11.9 Å². The predicted octanol–water partition coefficient (Wildman–Crippen LogP) is 4.53. The van der Waals surface area contributed by atoms with Crippen molar-refractivity contribution in [2.75, 3.05) is 18.5 Å². The second kappa shape index (κ2) is 8.88. The first-order valence-corrected chi connectivity index (χ1v) is 11.1. The van der Waals surface area contributed by atoms with E-state index in [1.54, 1.807) is 47.2 Å². The molecule has 0 bridgehead atoms. The molecule has 0 unspecified atom stereocenters. The number of pyridine rings is 2. The van der Waals surface area contributed by atoms with Gasteiger partial charge in [0.05, 0.1) is 12.6 Å². The average molecular weight is 466 g/mol. The Hall–Kier alpha value is -3.36. The lowest BCUT2D eigenvalue weighted by Gasteiger charge is -2.14. The molecule has 4 aromatic rings. The van der Waals surface area contributed by atoms with Crippen LogP contribution in [0.1, 0.15) is 13.3 Å². The lowest BCUT2D eigenvalue weighted by Crippen LogP contribution is -2.24. The predicted molar refractivity (Wildman–Crippen MR) is 126 cm³/mol. The van der Waals surface area contributed by atoms with Crippen molar-refractivity contribution >= 4 is 28.6 Å². The van der Waals surface area contributed by atoms with Crippen LogP contribution in [-0.4, -0.2) is 38.8 Å². The van der Waals surface area contributed by atoms with Gasteiger partial charge in [0, 0.05) is 52.6 Å². The van der Waals surface area contributed by atoms with Gasteiger partial charge < -0.3 is 10.1 Å². The third-order valence-corrected chi connectivity index (χ3v) is 6.05. The van der Waals surface area contributed by atoms with Gasteiger partial charge in [-0.15, -0.1) is 0 Å². The molecule has 1 aliphatic rings. The van der Waals surface area contributed by atoms with Crippen molar-refractivity contribution in [1.29, 1.82) is 0 Å². The maximum Gasteiger partial charge on any atom is 0.260 e. The van der Waals surface area contributed by atoms with E-state index < -0.39 is 5.95 Å². The van der Waals surface area contributed by atoms with Crippen LogP contribution in [0.3, 0.4) is 0 Å². The number of fused-ring (bicyclic) bond motifs is 1. The summed E-state index contributed by atoms with van der Waals surface area (Å²) in [4.78, 5) is 26.1. The van der Waals surface area contributed by atoms with Crippen molar-refractivity contribution in [2.45, 2.75) is 25.9 Å². The van der Waals surface area contributed by atoms with Crippen molar-refractivity contribution in [1.82, 2.24) is 19.5 Å². The van der Waals surface area contributed by atoms with Crippen LogP contribution in [-0.2, 0) is 11.3 Å². The van der Waals surface area contributed by atoms with Crippen molar-refractivity contribution in [3.8, 4) is 22.3 Å². The van der Waals surface area contributed by atoms with Crippen LogP contribution in [0.15, 0.2) is 53.6 Å². The Balaban J connectivity index is 1.57. The van der Waals surface area contributed by atoms with E-state index in [9.17, 15) is 9.18 Å². The molecule has 168 valence electrons. The fraction of sp³-hybridized carbons (Fsp3) is 0.250. The minimum Gasteiger partial charge on any atom is -0.379 e. The van der Waals surface area contributed by atoms with Crippen LogP contribution < -0.4 is 10.9 Å². The second-order valence-corrected chi connectivity index (χ2v) is 8.23. The summed E-state index contributed by atoms with van der Waals surface area (Å²) in [5.74, 6) is -0.112. The van der Waals surface area contributed by atoms with Crippen molar-refractivity contribution in [3.63, 3.8) is 0 Å². The minimum atomic E-state index is -0.578. The molecule has 0 saturated carbocycles. The van der Waals surface area contributed by atoms with Gasteiger partial charge in [0.15, 0.2) is 0 Å². The van der Waals surface area contributed by atoms with Gasteiger partial charge in [-0.05, 0) is 43.2 Å². The Morgan fingerprint density at radius 1 is 1.21 bits per heavy atom. The summed E-state index contributed by atoms with van der Waals surface area (Å²) in [5, 5.41) is 4.33. The summed E-state index contributed by atoms with van der Waals surface area (Å²) in [5.41, 5.74) is 2.26. The van der Waals surface area contributed by atoms with Crippen LogP contribution in [0, 0.1) is 5.95 Å². The van der Waals surface area contributed by atoms with Crippen molar-refractivity contribution in [2.24, 2.45) is 0 Å². The smallest absolute Gasteiger partial charge is 0.260 e. The Bertz CT molecular complexity index is 1400. The summed E-state index contributed by atoms with van der Waals surface area (Å²) in [6, 6.07) is 10.3. The third-order valence-electron chi connectivity index (χ3n) is 5.74. The molecule has 0 aliphatic carbocycles. The molecule has 3 aromatic heterocycles. The molecule has 33 heavy (non-hydrogen) atoms. The molecule has 9 heteroatoms. The fourth-order valence-electron chi connectivity index (χ4n) is 4.05. The quantitative estimate of drug-likeness (QED) is 0.436. The maximum atomic E-state index is 14.1. The summed E-state index contributed by atoms with van der Waals surface area (Å²) in [7, 11) is 0. The summed E-state index contributed by atoms with van der Waals surface area (Å²) in [6.07, 6.45) is 3.98. The molecule has 1 N–H and O–H groups in total. The molecule has 0 radical (unpaired) electrons. The number of nitrogens with one attached hydrogen (secondary N) is 1. The first-order valence-electron chi connectivity index (χ1n) is 10.7. The van der Waals surface area contributed by atoms with E-state index in [0.717, 1.165) is 11.8 Å². The number of ether oxygens (including phenoxy) is 1. The standard InChI is InChI=1S/C24H21ClFN5O2/c1-2-31-22-15(12-28-24(30-22)29-16-7-9-33-13-16)10-19(23(31)32)18-6-5-14(11-20(18)25)17-4-3-8-27-21(17)26/h3-6,8,10-12,16H,2,7,9,13H2,1H3,(H,28,29,30)/t16-/m1/s1. The number of aryl methyl sites for hydroxylation is 1. The SMILES string of the molecule is CCn1c(=O)c(-c2ccc(-c3cccnc3F)cc2Cl)cc2cnc(N[C@@H]3CCOC3)nc21. The minimum absolute atomic E-state index is 0.158. The number of nitrogens with zero attached hydrogens (tertiary/aromatic N) is 4. The van der Waals surface area contributed by atoms with Gasteiger partial charge in [-0.2, -0.15) is 9.37 Å². The van der Waals surface area contributed by atoms with Crippen molar-refractivity contribution < 1.29 is 9.13 Å². The van der Waals surface area contributed by atoms with E-state index in [1.807, 2.05) is 6.92 Å². The van der Waals surface area contributed by atoms with Crippen LogP contribution in [0.4, 0.5) is 10.3 Å². The van der Waals surface area contributed by atoms with Gasteiger partial charge in [0.1, 0.15) is 5.65 Å². The topological polar surface area (TPSA) is 81.9 Å². The molecular weight excluding hydrogens is 445 g/mol. The molecule has 1 aromatic carbocycles. The first-order chi connectivity index (χ1) is 16.0. The Morgan fingerprint density at radius 3 is 2.82 bits per heavy atom. The summed E-state index contributed by atoms with van der Waals surface area (Å²) < 4.78 is 21.1. The zero-order valence-electron chi connectivity index (χ0n) is 17.9. The van der Waals surface area contributed by atoms with Crippen LogP contribution >= 0.6 is 11.6 Å². The highest BCUT2D eigenvalue weighted by Gasteiger charge is 2.19. The summed E-state index contributed by atoms with van der Waals surface area (Å²) in [6.45, 7) is 3.64. The fourth-order valence-corrected chi connectivity index (χ4v) is 4.33. The molecule has 0 spiro atoms. The number of benzene rings is 1. The molecule has 1 fully saturated rings. The molecular formula is C24H21ClFN5O2. The third kappa shape index (κ3) is 4.07. The average Bonchev–Trinajstić information content (AvgIpc) is 3.32. The Labute approximate surface area is 194 Å². The van der Waals surface area contributed by atoms with Gasteiger partial charge in [0.25, 0.3) is 5.56 Å². The number of hydrogen-bond acceptors (Lipinski definition) is 6. The number of hydrogen-bond donors (Lipinski definition) is 1. The van der Waals surface area contributed by atoms with Gasteiger partial charge in [-0.3, -0.25) is 9.36 Å². The Kier molecular flexibility index (Phi) is 5.78. The molecule has 1 atom stereocenters. The van der Waals surface area contributed by atoms with Gasteiger partial charge >= 0.3 is 0 Å². The van der Waals surface area contributed by atoms with Crippen LogP contribution in [0.5, 0.6) is 0 Å². The maximum absolute atomic E-state index is 14.1. The number of halogens is 2. The zero-order valence-corrected chi connectivity index (χ0v) is 18.6. The number of rotatable bonds is 5. The highest BCUT2D eigenvalue weighted by Crippen LogP contribution is 2.32. The first kappa shape index (κ1) is 21.5. The van der Waals surface area contributed by atoms with Gasteiger partial charge in [-0.25, -0.2) is 9.97 Å². The Morgan fingerprint density at radius 2 is 2.09 bits per heavy atom. The van der Waals surface area contributed by atoms with Gasteiger partial charge in [-0.1, -0.05) is 23.7 Å². The molecule has 7 nitrogen and oxygen atoms in total. The lowest BCUT2D eigenvalue weighted by atomic mass is 10.0. The molecule has 1 aliphatic heterocycles. The van der Waals surface area contributed by atoms with E-state index in [-0.39, 0.29) is 11.6 Å². The lowest BCUT2D eigenvalue weighted by molar-refractivity contribution is 0.195. The van der Waals surface area contributed by atoms with E-state index in [0.29, 0.717) is 58.6 Å². The van der Waals surface area contributed by atoms with E-state index in [2.05, 4.69) is 20.3 Å². The highest BCUT2D eigenvalue weighted by atomic mass is 35.5.